The zero-order valence-electron chi connectivity index (χ0n) is 11.9. The highest BCUT2D eigenvalue weighted by Gasteiger charge is 2.30. The van der Waals surface area contributed by atoms with Crippen LogP contribution in [0.4, 0.5) is 0 Å². The fourth-order valence-electron chi connectivity index (χ4n) is 3.21. The van der Waals surface area contributed by atoms with Crippen LogP contribution in [0.1, 0.15) is 38.3 Å². The molecule has 3 atom stereocenters. The highest BCUT2D eigenvalue weighted by Crippen LogP contribution is 2.29. The monoisotopic (exact) mass is 246 g/mol. The molecule has 0 spiro atoms. The third-order valence-corrected chi connectivity index (χ3v) is 4.47. The van der Waals surface area contributed by atoms with Crippen molar-refractivity contribution >= 4 is 0 Å². The molecule has 1 fully saturated rings. The molecule has 0 radical (unpaired) electrons. The number of benzene rings is 1. The van der Waals surface area contributed by atoms with Gasteiger partial charge in [0.15, 0.2) is 0 Å². The van der Waals surface area contributed by atoms with Gasteiger partial charge in [-0.3, -0.25) is 4.90 Å². The molecule has 0 aromatic heterocycles. The Hall–Kier alpha value is -0.860. The van der Waals surface area contributed by atoms with Gasteiger partial charge >= 0.3 is 0 Å². The molecule has 100 valence electrons. The van der Waals surface area contributed by atoms with Crippen LogP contribution in [0, 0.1) is 5.92 Å². The summed E-state index contributed by atoms with van der Waals surface area (Å²) in [6.45, 7) is 7.08. The molecule has 1 unspecified atom stereocenters. The van der Waals surface area contributed by atoms with Crippen LogP contribution in [0.5, 0.6) is 0 Å². The summed E-state index contributed by atoms with van der Waals surface area (Å²) in [6, 6.07) is 12.1. The average Bonchev–Trinajstić information content (AvgIpc) is 2.90. The summed E-state index contributed by atoms with van der Waals surface area (Å²) < 4.78 is 0. The Labute approximate surface area is 111 Å². The Morgan fingerprint density at radius 1 is 1.33 bits per heavy atom. The van der Waals surface area contributed by atoms with Gasteiger partial charge in [-0.05, 0) is 44.8 Å². The van der Waals surface area contributed by atoms with Gasteiger partial charge in [-0.25, -0.2) is 0 Å². The summed E-state index contributed by atoms with van der Waals surface area (Å²) in [5, 5.41) is 3.47. The normalized spacial score (nSPS) is 24.1. The van der Waals surface area contributed by atoms with Crippen molar-refractivity contribution in [3.05, 3.63) is 35.9 Å². The SMILES string of the molecule is CCC(NC)[C@@H]1CCN([C@@H](C)c2ccccc2)C1. The van der Waals surface area contributed by atoms with Gasteiger partial charge in [0.25, 0.3) is 0 Å². The number of hydrogen-bond acceptors (Lipinski definition) is 2. The first-order valence-electron chi connectivity index (χ1n) is 7.22. The number of nitrogens with zero attached hydrogens (tertiary/aromatic N) is 1. The van der Waals surface area contributed by atoms with E-state index < -0.39 is 0 Å². The first-order valence-corrected chi connectivity index (χ1v) is 7.22. The zero-order valence-corrected chi connectivity index (χ0v) is 11.9. The van der Waals surface area contributed by atoms with E-state index >= 15 is 0 Å². The maximum atomic E-state index is 3.47. The predicted molar refractivity (Wildman–Crippen MR) is 77.7 cm³/mol. The largest absolute Gasteiger partial charge is 0.317 e. The summed E-state index contributed by atoms with van der Waals surface area (Å²) >= 11 is 0. The van der Waals surface area contributed by atoms with Crippen LogP contribution < -0.4 is 5.32 Å². The average molecular weight is 246 g/mol. The van der Waals surface area contributed by atoms with Gasteiger partial charge in [0, 0.05) is 18.6 Å². The van der Waals surface area contributed by atoms with Crippen molar-refractivity contribution in [3.8, 4) is 0 Å². The van der Waals surface area contributed by atoms with Crippen molar-refractivity contribution in [2.75, 3.05) is 20.1 Å². The molecule has 1 saturated heterocycles. The van der Waals surface area contributed by atoms with E-state index in [2.05, 4.69) is 61.4 Å². The first kappa shape index (κ1) is 13.6. The lowest BCUT2D eigenvalue weighted by Gasteiger charge is -2.26. The maximum Gasteiger partial charge on any atom is 0.0320 e. The van der Waals surface area contributed by atoms with E-state index in [9.17, 15) is 0 Å². The molecular weight excluding hydrogens is 220 g/mol. The van der Waals surface area contributed by atoms with E-state index in [0.717, 1.165) is 5.92 Å². The number of likely N-dealkylation sites (tertiary alicyclic amines) is 1. The molecule has 2 heteroatoms. The van der Waals surface area contributed by atoms with Crippen LogP contribution in [0.15, 0.2) is 30.3 Å². The standard InChI is InChI=1S/C16H26N2/c1-4-16(17-3)15-10-11-18(12-15)13(2)14-8-6-5-7-9-14/h5-9,13,15-17H,4,10-12H2,1-3H3/t13-,15+,16?/m0/s1. The van der Waals surface area contributed by atoms with Crippen molar-refractivity contribution in [2.45, 2.75) is 38.8 Å². The van der Waals surface area contributed by atoms with E-state index in [1.807, 2.05) is 0 Å². The molecule has 0 saturated carbocycles. The quantitative estimate of drug-likeness (QED) is 0.859. The molecule has 2 nitrogen and oxygen atoms in total. The van der Waals surface area contributed by atoms with E-state index in [4.69, 9.17) is 0 Å². The topological polar surface area (TPSA) is 15.3 Å². The minimum atomic E-state index is 0.547. The van der Waals surface area contributed by atoms with Crippen LogP contribution in [0.25, 0.3) is 0 Å². The van der Waals surface area contributed by atoms with Crippen molar-refractivity contribution < 1.29 is 0 Å². The van der Waals surface area contributed by atoms with Crippen LogP contribution in [0.3, 0.4) is 0 Å². The fourth-order valence-corrected chi connectivity index (χ4v) is 3.21. The molecule has 1 N–H and O–H groups in total. The molecule has 2 rings (SSSR count). The molecule has 0 bridgehead atoms. The second-order valence-corrected chi connectivity index (χ2v) is 5.43. The molecule has 1 aromatic rings. The molecular formula is C16H26N2. The van der Waals surface area contributed by atoms with Crippen molar-refractivity contribution in [1.82, 2.24) is 10.2 Å². The second kappa shape index (κ2) is 6.35. The minimum Gasteiger partial charge on any atom is -0.317 e. The van der Waals surface area contributed by atoms with Crippen LogP contribution in [-0.4, -0.2) is 31.1 Å². The number of rotatable bonds is 5. The molecule has 1 heterocycles. The molecule has 1 aliphatic heterocycles. The summed E-state index contributed by atoms with van der Waals surface area (Å²) in [4.78, 5) is 2.62. The van der Waals surface area contributed by atoms with E-state index in [-0.39, 0.29) is 0 Å². The summed E-state index contributed by atoms with van der Waals surface area (Å²) in [6.07, 6.45) is 2.56. The zero-order chi connectivity index (χ0) is 13.0. The molecule has 0 amide bonds. The second-order valence-electron chi connectivity index (χ2n) is 5.43. The van der Waals surface area contributed by atoms with Crippen molar-refractivity contribution in [2.24, 2.45) is 5.92 Å². The van der Waals surface area contributed by atoms with Gasteiger partial charge in [-0.15, -0.1) is 0 Å². The highest BCUT2D eigenvalue weighted by molar-refractivity contribution is 5.18. The Balaban J connectivity index is 1.96. The Morgan fingerprint density at radius 3 is 2.67 bits per heavy atom. The van der Waals surface area contributed by atoms with Gasteiger partial charge in [-0.2, -0.15) is 0 Å². The van der Waals surface area contributed by atoms with Crippen LogP contribution in [0.2, 0.25) is 0 Å². The smallest absolute Gasteiger partial charge is 0.0320 e. The Kier molecular flexibility index (Phi) is 4.79. The van der Waals surface area contributed by atoms with E-state index in [0.29, 0.717) is 12.1 Å². The summed E-state index contributed by atoms with van der Waals surface area (Å²) in [5.74, 6) is 0.811. The van der Waals surface area contributed by atoms with Gasteiger partial charge in [0.1, 0.15) is 0 Å². The van der Waals surface area contributed by atoms with Crippen LogP contribution in [-0.2, 0) is 0 Å². The van der Waals surface area contributed by atoms with Crippen molar-refractivity contribution in [1.29, 1.82) is 0 Å². The Bertz CT molecular complexity index is 345. The lowest BCUT2D eigenvalue weighted by molar-refractivity contribution is 0.241. The lowest BCUT2D eigenvalue weighted by Crippen LogP contribution is -2.35. The van der Waals surface area contributed by atoms with E-state index in [1.165, 1.54) is 31.5 Å². The van der Waals surface area contributed by atoms with E-state index in [1.54, 1.807) is 0 Å². The fraction of sp³-hybridized carbons (Fsp3) is 0.625. The first-order chi connectivity index (χ1) is 8.76. The minimum absolute atomic E-state index is 0.547. The van der Waals surface area contributed by atoms with Gasteiger partial charge < -0.3 is 5.32 Å². The lowest BCUT2D eigenvalue weighted by atomic mass is 9.97. The van der Waals surface area contributed by atoms with Crippen molar-refractivity contribution in [3.63, 3.8) is 0 Å². The molecule has 1 aromatic carbocycles. The van der Waals surface area contributed by atoms with Gasteiger partial charge in [-0.1, -0.05) is 37.3 Å². The maximum absolute atomic E-state index is 3.47. The molecule has 1 aliphatic rings. The summed E-state index contributed by atoms with van der Waals surface area (Å²) in [7, 11) is 2.09. The van der Waals surface area contributed by atoms with Gasteiger partial charge in [0.05, 0.1) is 0 Å². The predicted octanol–water partition coefficient (Wildman–Crippen LogP) is 3.07. The molecule has 0 aliphatic carbocycles. The Morgan fingerprint density at radius 2 is 2.06 bits per heavy atom. The third kappa shape index (κ3) is 2.93. The number of nitrogens with one attached hydrogen (secondary N) is 1. The molecule has 18 heavy (non-hydrogen) atoms. The highest BCUT2D eigenvalue weighted by atomic mass is 15.2. The summed E-state index contributed by atoms with van der Waals surface area (Å²) in [5.41, 5.74) is 1.44. The van der Waals surface area contributed by atoms with Crippen LogP contribution >= 0.6 is 0 Å². The number of hydrogen-bond donors (Lipinski definition) is 1. The third-order valence-electron chi connectivity index (χ3n) is 4.47. The van der Waals surface area contributed by atoms with Gasteiger partial charge in [0.2, 0.25) is 0 Å².